The fraction of sp³-hybridized carbons (Fsp3) is 0.118. The number of aliphatic hydroxyl groups is 1. The molecule has 0 amide bonds. The zero-order valence-corrected chi connectivity index (χ0v) is 13.5. The molecule has 6 nitrogen and oxygen atoms in total. The highest BCUT2D eigenvalue weighted by Crippen LogP contribution is 2.36. The zero-order chi connectivity index (χ0) is 16.5. The molecule has 0 saturated carbocycles. The van der Waals surface area contributed by atoms with Gasteiger partial charge < -0.3 is 24.3 Å². The predicted molar refractivity (Wildman–Crippen MR) is 91.6 cm³/mol. The third-order valence-corrected chi connectivity index (χ3v) is 4.36. The summed E-state index contributed by atoms with van der Waals surface area (Å²) < 4.78 is 15.8. The van der Waals surface area contributed by atoms with Crippen LogP contribution in [-0.2, 0) is 0 Å². The molecular weight excluding hydrogens is 328 g/mol. The molecule has 0 spiro atoms. The van der Waals surface area contributed by atoms with Gasteiger partial charge in [0.25, 0.3) is 5.95 Å². The van der Waals surface area contributed by atoms with Gasteiger partial charge in [0.1, 0.15) is 5.75 Å². The van der Waals surface area contributed by atoms with Crippen LogP contribution in [0.4, 0.5) is 10.8 Å². The number of hydrogen-bond donors (Lipinski definition) is 2. The summed E-state index contributed by atoms with van der Waals surface area (Å²) in [5, 5.41) is 15.9. The van der Waals surface area contributed by atoms with Crippen molar-refractivity contribution in [2.24, 2.45) is 0 Å². The van der Waals surface area contributed by atoms with Crippen LogP contribution >= 0.6 is 11.3 Å². The molecule has 0 bridgehead atoms. The van der Waals surface area contributed by atoms with E-state index in [1.165, 1.54) is 17.6 Å². The van der Waals surface area contributed by atoms with Crippen molar-refractivity contribution in [3.63, 3.8) is 0 Å². The first-order chi connectivity index (χ1) is 11.7. The van der Waals surface area contributed by atoms with Gasteiger partial charge >= 0.3 is 0 Å². The first-order valence-electron chi connectivity index (χ1n) is 7.24. The Morgan fingerprint density at radius 2 is 2.17 bits per heavy atom. The topological polar surface area (TPSA) is 76.8 Å². The van der Waals surface area contributed by atoms with Gasteiger partial charge in [0.2, 0.25) is 6.29 Å². The van der Waals surface area contributed by atoms with Gasteiger partial charge in [-0.25, -0.2) is 4.98 Å². The number of nitrogens with zero attached hydrogens (tertiary/aromatic N) is 1. The fourth-order valence-electron chi connectivity index (χ4n) is 2.44. The highest BCUT2D eigenvalue weighted by atomic mass is 32.1. The Labute approximate surface area is 142 Å². The van der Waals surface area contributed by atoms with Crippen molar-refractivity contribution in [2.45, 2.75) is 6.29 Å². The summed E-state index contributed by atoms with van der Waals surface area (Å²) in [5.74, 6) is 1.05. The van der Waals surface area contributed by atoms with Crippen LogP contribution in [-0.4, -0.2) is 23.5 Å². The van der Waals surface area contributed by atoms with Crippen molar-refractivity contribution in [3.05, 3.63) is 53.2 Å². The first-order valence-corrected chi connectivity index (χ1v) is 8.12. The molecule has 122 valence electrons. The van der Waals surface area contributed by atoms with Gasteiger partial charge in [-0.2, -0.15) is 0 Å². The Bertz CT molecular complexity index is 899. The molecule has 1 atom stereocenters. The second kappa shape index (κ2) is 6.03. The summed E-state index contributed by atoms with van der Waals surface area (Å²) >= 11 is 1.43. The Kier molecular flexibility index (Phi) is 3.72. The van der Waals surface area contributed by atoms with E-state index in [4.69, 9.17) is 13.9 Å². The molecular formula is C17H14N2O4S. The lowest BCUT2D eigenvalue weighted by molar-refractivity contribution is 0.0130. The van der Waals surface area contributed by atoms with Crippen LogP contribution in [0.5, 0.6) is 11.7 Å². The van der Waals surface area contributed by atoms with Crippen molar-refractivity contribution in [1.29, 1.82) is 0 Å². The van der Waals surface area contributed by atoms with Crippen LogP contribution in [0.1, 0.15) is 11.3 Å². The van der Waals surface area contributed by atoms with E-state index in [2.05, 4.69) is 10.3 Å². The Hall–Kier alpha value is -2.77. The van der Waals surface area contributed by atoms with Crippen molar-refractivity contribution >= 4 is 33.8 Å². The smallest absolute Gasteiger partial charge is 0.294 e. The molecule has 0 saturated heterocycles. The second-order valence-electron chi connectivity index (χ2n) is 5.10. The molecule has 2 N–H and O–H groups in total. The molecule has 24 heavy (non-hydrogen) atoms. The number of aromatic nitrogens is 1. The summed E-state index contributed by atoms with van der Waals surface area (Å²) in [5.41, 5.74) is 2.85. The summed E-state index contributed by atoms with van der Waals surface area (Å²) in [6.07, 6.45) is 2.23. The number of anilines is 2. The van der Waals surface area contributed by atoms with Crippen molar-refractivity contribution in [1.82, 2.24) is 4.98 Å². The molecule has 1 aromatic carbocycles. The standard InChI is InChI=1S/C17H14N2O4S/c1-21-14-5-3-2-4-12(14)18-17-19-13(9-24-17)11-8-10-6-7-22-16(10)23-15(11)20/h2-9,15,20H,1H3,(H,18,19). The van der Waals surface area contributed by atoms with Crippen LogP contribution in [0.25, 0.3) is 11.6 Å². The summed E-state index contributed by atoms with van der Waals surface area (Å²) in [4.78, 5) is 4.53. The molecule has 0 fully saturated rings. The number of aliphatic hydroxyl groups excluding tert-OH is 1. The number of nitrogens with one attached hydrogen (secondary N) is 1. The molecule has 7 heteroatoms. The Morgan fingerprint density at radius 3 is 3.04 bits per heavy atom. The van der Waals surface area contributed by atoms with Gasteiger partial charge in [-0.1, -0.05) is 12.1 Å². The van der Waals surface area contributed by atoms with E-state index >= 15 is 0 Å². The largest absolute Gasteiger partial charge is 0.495 e. The average Bonchev–Trinajstić information content (AvgIpc) is 3.23. The monoisotopic (exact) mass is 342 g/mol. The Morgan fingerprint density at radius 1 is 1.29 bits per heavy atom. The van der Waals surface area contributed by atoms with Gasteiger partial charge in [0.15, 0.2) is 5.13 Å². The normalized spacial score (nSPS) is 16.1. The molecule has 3 heterocycles. The van der Waals surface area contributed by atoms with E-state index in [0.717, 1.165) is 17.0 Å². The highest BCUT2D eigenvalue weighted by Gasteiger charge is 2.25. The van der Waals surface area contributed by atoms with Crippen LogP contribution in [0, 0.1) is 0 Å². The zero-order valence-electron chi connectivity index (χ0n) is 12.7. The molecule has 1 aliphatic heterocycles. The highest BCUT2D eigenvalue weighted by molar-refractivity contribution is 7.13. The van der Waals surface area contributed by atoms with E-state index < -0.39 is 6.29 Å². The van der Waals surface area contributed by atoms with E-state index in [9.17, 15) is 5.11 Å². The fourth-order valence-corrected chi connectivity index (χ4v) is 3.17. The van der Waals surface area contributed by atoms with Crippen LogP contribution in [0.15, 0.2) is 46.4 Å². The molecule has 1 aliphatic rings. The maximum atomic E-state index is 10.1. The lowest BCUT2D eigenvalue weighted by atomic mass is 10.1. The maximum Gasteiger partial charge on any atom is 0.294 e. The number of furan rings is 1. The van der Waals surface area contributed by atoms with Gasteiger partial charge in [-0.15, -0.1) is 11.3 Å². The van der Waals surface area contributed by atoms with Gasteiger partial charge in [0, 0.05) is 11.0 Å². The molecule has 0 radical (unpaired) electrons. The van der Waals surface area contributed by atoms with Gasteiger partial charge in [-0.3, -0.25) is 0 Å². The SMILES string of the molecule is COc1ccccc1Nc1nc(C2=Cc3ccoc3OC2O)cs1. The van der Waals surface area contributed by atoms with E-state index in [0.29, 0.717) is 22.3 Å². The summed E-state index contributed by atoms with van der Waals surface area (Å²) in [6, 6.07) is 9.39. The van der Waals surface area contributed by atoms with Crippen molar-refractivity contribution < 1.29 is 19.0 Å². The quantitative estimate of drug-likeness (QED) is 0.752. The average molecular weight is 342 g/mol. The van der Waals surface area contributed by atoms with Crippen LogP contribution in [0.3, 0.4) is 0 Å². The molecule has 4 rings (SSSR count). The predicted octanol–water partition coefficient (Wildman–Crippen LogP) is 3.74. The number of methoxy groups -OCH3 is 1. The van der Waals surface area contributed by atoms with E-state index in [-0.39, 0.29) is 0 Å². The summed E-state index contributed by atoms with van der Waals surface area (Å²) in [6.45, 7) is 0. The lowest BCUT2D eigenvalue weighted by Crippen LogP contribution is -2.20. The van der Waals surface area contributed by atoms with Gasteiger partial charge in [0.05, 0.1) is 30.3 Å². The van der Waals surface area contributed by atoms with E-state index in [1.54, 1.807) is 13.2 Å². The molecule has 0 aliphatic carbocycles. The van der Waals surface area contributed by atoms with Crippen molar-refractivity contribution in [2.75, 3.05) is 12.4 Å². The van der Waals surface area contributed by atoms with Crippen LogP contribution < -0.4 is 14.8 Å². The van der Waals surface area contributed by atoms with Gasteiger partial charge in [-0.05, 0) is 24.3 Å². The number of rotatable bonds is 4. The first kappa shape index (κ1) is 14.8. The minimum absolute atomic E-state index is 0.314. The number of fused-ring (bicyclic) bond motifs is 1. The molecule has 1 unspecified atom stereocenters. The van der Waals surface area contributed by atoms with E-state index in [1.807, 2.05) is 35.7 Å². The van der Waals surface area contributed by atoms with Crippen LogP contribution in [0.2, 0.25) is 0 Å². The van der Waals surface area contributed by atoms with Crippen molar-refractivity contribution in [3.8, 4) is 11.7 Å². The third kappa shape index (κ3) is 2.64. The minimum atomic E-state index is -1.11. The number of benzene rings is 1. The molecule has 2 aromatic heterocycles. The third-order valence-electron chi connectivity index (χ3n) is 3.60. The minimum Gasteiger partial charge on any atom is -0.495 e. The second-order valence-corrected chi connectivity index (χ2v) is 5.95. The number of hydrogen-bond acceptors (Lipinski definition) is 7. The maximum absolute atomic E-state index is 10.1. The summed E-state index contributed by atoms with van der Waals surface area (Å²) in [7, 11) is 1.62. The molecule has 3 aromatic rings. The number of ether oxygens (including phenoxy) is 2. The number of para-hydroxylation sites is 2. The number of thiazole rings is 1. The lowest BCUT2D eigenvalue weighted by Gasteiger charge is -2.18. The Balaban J connectivity index is 1.61.